The van der Waals surface area contributed by atoms with Crippen molar-refractivity contribution in [3.63, 3.8) is 0 Å². The Bertz CT molecular complexity index is 214. The Labute approximate surface area is 75.6 Å². The zero-order valence-corrected chi connectivity index (χ0v) is 8.01. The molecule has 0 fully saturated rings. The number of nitrogens with zero attached hydrogens (tertiary/aromatic N) is 2. The second kappa shape index (κ2) is 4.37. The Kier molecular flexibility index (Phi) is 3.43. The molecule has 2 atom stereocenters. The van der Waals surface area contributed by atoms with Crippen LogP contribution in [0.5, 0.6) is 0 Å². The van der Waals surface area contributed by atoms with Gasteiger partial charge < -0.3 is 10.4 Å². The third kappa shape index (κ3) is 2.42. The average molecular weight is 187 g/mol. The van der Waals surface area contributed by atoms with Crippen LogP contribution in [-0.2, 0) is 0 Å². The van der Waals surface area contributed by atoms with Gasteiger partial charge in [0.2, 0.25) is 5.13 Å². The van der Waals surface area contributed by atoms with Gasteiger partial charge >= 0.3 is 0 Å². The number of aliphatic hydroxyl groups is 1. The second-order valence-electron chi connectivity index (χ2n) is 2.84. The van der Waals surface area contributed by atoms with Crippen molar-refractivity contribution >= 4 is 16.5 Å². The van der Waals surface area contributed by atoms with E-state index in [4.69, 9.17) is 5.11 Å². The number of anilines is 1. The number of hydrogen-bond donors (Lipinski definition) is 2. The van der Waals surface area contributed by atoms with Crippen LogP contribution >= 0.6 is 11.3 Å². The van der Waals surface area contributed by atoms with Gasteiger partial charge in [0, 0.05) is 12.6 Å². The lowest BCUT2D eigenvalue weighted by molar-refractivity contribution is 0.226. The second-order valence-corrected chi connectivity index (χ2v) is 3.67. The van der Waals surface area contributed by atoms with Crippen molar-refractivity contribution < 1.29 is 5.11 Å². The smallest absolute Gasteiger partial charge is 0.205 e. The van der Waals surface area contributed by atoms with Gasteiger partial charge in [-0.25, -0.2) is 0 Å². The molecule has 2 N–H and O–H groups in total. The number of nitrogens with one attached hydrogen (secondary N) is 1. The van der Waals surface area contributed by atoms with Crippen LogP contribution in [0.1, 0.15) is 13.8 Å². The predicted molar refractivity (Wildman–Crippen MR) is 49.2 cm³/mol. The van der Waals surface area contributed by atoms with Crippen molar-refractivity contribution in [2.24, 2.45) is 5.92 Å². The van der Waals surface area contributed by atoms with Crippen LogP contribution in [0.3, 0.4) is 0 Å². The lowest BCUT2D eigenvalue weighted by Gasteiger charge is -2.17. The van der Waals surface area contributed by atoms with Gasteiger partial charge in [-0.15, -0.1) is 10.2 Å². The van der Waals surface area contributed by atoms with Gasteiger partial charge in [0.15, 0.2) is 0 Å². The number of aliphatic hydroxyl groups excluding tert-OH is 1. The summed E-state index contributed by atoms with van der Waals surface area (Å²) >= 11 is 1.46. The largest absolute Gasteiger partial charge is 0.396 e. The summed E-state index contributed by atoms with van der Waals surface area (Å²) in [6.45, 7) is 4.19. The zero-order chi connectivity index (χ0) is 8.97. The molecule has 0 amide bonds. The molecule has 1 heterocycles. The van der Waals surface area contributed by atoms with Gasteiger partial charge in [0.1, 0.15) is 5.51 Å². The summed E-state index contributed by atoms with van der Waals surface area (Å²) in [5.41, 5.74) is 1.68. The molecule has 0 bridgehead atoms. The molecule has 68 valence electrons. The minimum Gasteiger partial charge on any atom is -0.396 e. The molecule has 0 spiro atoms. The molecule has 5 heteroatoms. The van der Waals surface area contributed by atoms with Crippen molar-refractivity contribution in [3.8, 4) is 0 Å². The number of aromatic nitrogens is 2. The van der Waals surface area contributed by atoms with Gasteiger partial charge in [0.25, 0.3) is 0 Å². The van der Waals surface area contributed by atoms with E-state index >= 15 is 0 Å². The fourth-order valence-electron chi connectivity index (χ4n) is 0.731. The van der Waals surface area contributed by atoms with E-state index in [0.717, 1.165) is 5.13 Å². The molecule has 1 rings (SSSR count). The van der Waals surface area contributed by atoms with Crippen LogP contribution in [0.2, 0.25) is 0 Å². The first-order chi connectivity index (χ1) is 5.74. The lowest BCUT2D eigenvalue weighted by atomic mass is 10.1. The molecule has 0 aliphatic heterocycles. The average Bonchev–Trinajstić information content (AvgIpc) is 2.55. The quantitative estimate of drug-likeness (QED) is 0.737. The first kappa shape index (κ1) is 9.41. The number of hydrogen-bond acceptors (Lipinski definition) is 5. The first-order valence-corrected chi connectivity index (χ1v) is 4.75. The lowest BCUT2D eigenvalue weighted by Crippen LogP contribution is -2.26. The highest BCUT2D eigenvalue weighted by Crippen LogP contribution is 2.13. The van der Waals surface area contributed by atoms with Crippen LogP contribution < -0.4 is 5.32 Å². The summed E-state index contributed by atoms with van der Waals surface area (Å²) in [7, 11) is 0. The Morgan fingerprint density at radius 2 is 2.42 bits per heavy atom. The van der Waals surface area contributed by atoms with Gasteiger partial charge in [-0.05, 0) is 12.8 Å². The van der Waals surface area contributed by atoms with Crippen molar-refractivity contribution in [1.29, 1.82) is 0 Å². The molecule has 2 unspecified atom stereocenters. The van der Waals surface area contributed by atoms with Crippen LogP contribution in [-0.4, -0.2) is 28.0 Å². The molecule has 0 saturated carbocycles. The van der Waals surface area contributed by atoms with Crippen molar-refractivity contribution in [1.82, 2.24) is 10.2 Å². The molecule has 0 aromatic carbocycles. The van der Waals surface area contributed by atoms with Crippen LogP contribution in [0, 0.1) is 5.92 Å². The Balaban J connectivity index is 2.41. The summed E-state index contributed by atoms with van der Waals surface area (Å²) in [5, 5.41) is 20.4. The third-order valence-electron chi connectivity index (χ3n) is 1.85. The minimum atomic E-state index is 0.187. The molecule has 1 aromatic heterocycles. The van der Waals surface area contributed by atoms with Gasteiger partial charge in [-0.2, -0.15) is 0 Å². The predicted octanol–water partition coefficient (Wildman–Crippen LogP) is 0.967. The molecule has 0 aliphatic carbocycles. The van der Waals surface area contributed by atoms with E-state index < -0.39 is 0 Å². The molecular weight excluding hydrogens is 174 g/mol. The fourth-order valence-corrected chi connectivity index (χ4v) is 1.27. The monoisotopic (exact) mass is 187 g/mol. The standard InChI is InChI=1S/C7H13N3OS/c1-5(3-11)6(2)9-7-10-8-4-12-7/h4-6,11H,3H2,1-2H3,(H,9,10). The minimum absolute atomic E-state index is 0.187. The van der Waals surface area contributed by atoms with Crippen molar-refractivity contribution in [3.05, 3.63) is 5.51 Å². The van der Waals surface area contributed by atoms with Gasteiger partial charge in [-0.3, -0.25) is 0 Å². The molecule has 4 nitrogen and oxygen atoms in total. The van der Waals surface area contributed by atoms with E-state index in [1.807, 2.05) is 13.8 Å². The summed E-state index contributed by atoms with van der Waals surface area (Å²) in [6, 6.07) is 0.225. The Morgan fingerprint density at radius 1 is 1.67 bits per heavy atom. The van der Waals surface area contributed by atoms with Crippen LogP contribution in [0.15, 0.2) is 5.51 Å². The molecule has 1 aromatic rings. The highest BCUT2D eigenvalue weighted by Gasteiger charge is 2.11. The molecule has 0 radical (unpaired) electrons. The molecule has 12 heavy (non-hydrogen) atoms. The zero-order valence-electron chi connectivity index (χ0n) is 7.19. The highest BCUT2D eigenvalue weighted by atomic mass is 32.1. The highest BCUT2D eigenvalue weighted by molar-refractivity contribution is 7.13. The maximum Gasteiger partial charge on any atom is 0.205 e. The normalized spacial score (nSPS) is 15.6. The molecular formula is C7H13N3OS. The summed E-state index contributed by atoms with van der Waals surface area (Å²) in [4.78, 5) is 0. The van der Waals surface area contributed by atoms with E-state index in [0.29, 0.717) is 0 Å². The molecule has 0 aliphatic rings. The molecule has 0 saturated heterocycles. The third-order valence-corrected chi connectivity index (χ3v) is 2.48. The van der Waals surface area contributed by atoms with E-state index in [2.05, 4.69) is 15.5 Å². The van der Waals surface area contributed by atoms with E-state index in [1.54, 1.807) is 5.51 Å². The summed E-state index contributed by atoms with van der Waals surface area (Å²) in [6.07, 6.45) is 0. The first-order valence-electron chi connectivity index (χ1n) is 3.87. The Morgan fingerprint density at radius 3 is 2.92 bits per heavy atom. The van der Waals surface area contributed by atoms with Crippen molar-refractivity contribution in [2.45, 2.75) is 19.9 Å². The van der Waals surface area contributed by atoms with Gasteiger partial charge in [0.05, 0.1) is 0 Å². The maximum atomic E-state index is 8.86. The SMILES string of the molecule is CC(CO)C(C)Nc1nncs1. The van der Waals surface area contributed by atoms with E-state index in [-0.39, 0.29) is 18.6 Å². The Hall–Kier alpha value is -0.680. The van der Waals surface area contributed by atoms with Crippen LogP contribution in [0.4, 0.5) is 5.13 Å². The maximum absolute atomic E-state index is 8.86. The van der Waals surface area contributed by atoms with Crippen LogP contribution in [0.25, 0.3) is 0 Å². The van der Waals surface area contributed by atoms with Gasteiger partial charge in [-0.1, -0.05) is 18.3 Å². The summed E-state index contributed by atoms with van der Waals surface area (Å²) < 4.78 is 0. The van der Waals surface area contributed by atoms with E-state index in [9.17, 15) is 0 Å². The topological polar surface area (TPSA) is 58.0 Å². The summed E-state index contributed by atoms with van der Waals surface area (Å²) in [5.74, 6) is 0.230. The van der Waals surface area contributed by atoms with E-state index in [1.165, 1.54) is 11.3 Å². The van der Waals surface area contributed by atoms with Crippen molar-refractivity contribution in [2.75, 3.05) is 11.9 Å². The fraction of sp³-hybridized carbons (Fsp3) is 0.714. The number of rotatable bonds is 4.